The van der Waals surface area contributed by atoms with Crippen molar-refractivity contribution in [3.63, 3.8) is 0 Å². The summed E-state index contributed by atoms with van der Waals surface area (Å²) in [6, 6.07) is 13.9. The maximum Gasteiger partial charge on any atom is 0.253 e. The van der Waals surface area contributed by atoms with Gasteiger partial charge in [-0.05, 0) is 67.6 Å². The number of carbonyl (C=O) groups is 2. The fourth-order valence-corrected chi connectivity index (χ4v) is 4.74. The number of nitrogens with zero attached hydrogens (tertiary/aromatic N) is 3. The maximum absolute atomic E-state index is 12.4. The SMILES string of the molecule is Cc1cc(C)cc(-n2ccnc2SCC(=O)NCc2ccc(C(=O)N3CCCC3)cc2)c1. The number of aromatic nitrogens is 2. The van der Waals surface area contributed by atoms with Crippen LogP contribution in [-0.2, 0) is 11.3 Å². The van der Waals surface area contributed by atoms with Crippen molar-refractivity contribution in [1.82, 2.24) is 19.8 Å². The normalized spacial score (nSPS) is 13.4. The van der Waals surface area contributed by atoms with Crippen LogP contribution >= 0.6 is 11.8 Å². The van der Waals surface area contributed by atoms with Crippen LogP contribution in [0.1, 0.15) is 39.9 Å². The molecule has 2 aromatic carbocycles. The Morgan fingerprint density at radius 1 is 1.03 bits per heavy atom. The van der Waals surface area contributed by atoms with E-state index in [1.807, 2.05) is 39.9 Å². The van der Waals surface area contributed by atoms with E-state index >= 15 is 0 Å². The highest BCUT2D eigenvalue weighted by Gasteiger charge is 2.19. The average molecular weight is 449 g/mol. The van der Waals surface area contributed by atoms with Crippen molar-refractivity contribution in [2.75, 3.05) is 18.8 Å². The lowest BCUT2D eigenvalue weighted by atomic mass is 10.1. The molecule has 0 unspecified atom stereocenters. The van der Waals surface area contributed by atoms with Gasteiger partial charge in [0.25, 0.3) is 5.91 Å². The minimum absolute atomic E-state index is 0.0535. The third-order valence-corrected chi connectivity index (χ3v) is 6.47. The quantitative estimate of drug-likeness (QED) is 0.552. The summed E-state index contributed by atoms with van der Waals surface area (Å²) in [5, 5.41) is 3.74. The van der Waals surface area contributed by atoms with Crippen LogP contribution in [0.15, 0.2) is 60.0 Å². The fourth-order valence-electron chi connectivity index (χ4n) is 3.93. The van der Waals surface area contributed by atoms with Gasteiger partial charge in [-0.1, -0.05) is 30.0 Å². The molecule has 2 amide bonds. The van der Waals surface area contributed by atoms with Crippen LogP contribution in [0.4, 0.5) is 0 Å². The minimum atomic E-state index is -0.0535. The molecular formula is C25H28N4O2S. The van der Waals surface area contributed by atoms with Crippen LogP contribution in [0.2, 0.25) is 0 Å². The first-order chi connectivity index (χ1) is 15.5. The smallest absolute Gasteiger partial charge is 0.253 e. The van der Waals surface area contributed by atoms with E-state index in [4.69, 9.17) is 0 Å². The molecule has 4 rings (SSSR count). The van der Waals surface area contributed by atoms with Crippen molar-refractivity contribution < 1.29 is 9.59 Å². The molecule has 7 heteroatoms. The van der Waals surface area contributed by atoms with E-state index in [-0.39, 0.29) is 17.6 Å². The van der Waals surface area contributed by atoms with E-state index < -0.39 is 0 Å². The summed E-state index contributed by atoms with van der Waals surface area (Å²) in [6.45, 7) is 6.26. The van der Waals surface area contributed by atoms with Crippen LogP contribution < -0.4 is 5.32 Å². The van der Waals surface area contributed by atoms with Crippen molar-refractivity contribution in [3.8, 4) is 5.69 Å². The zero-order valence-electron chi connectivity index (χ0n) is 18.5. The monoisotopic (exact) mass is 448 g/mol. The molecule has 0 radical (unpaired) electrons. The van der Waals surface area contributed by atoms with Crippen LogP contribution in [0.25, 0.3) is 5.69 Å². The van der Waals surface area contributed by atoms with Gasteiger partial charge in [0, 0.05) is 43.3 Å². The number of rotatable bonds is 7. The first kappa shape index (κ1) is 22.1. The Bertz CT molecular complexity index is 1080. The standard InChI is InChI=1S/C25H28N4O2S/c1-18-13-19(2)15-22(14-18)29-12-9-26-25(29)32-17-23(30)27-16-20-5-7-21(8-6-20)24(31)28-10-3-4-11-28/h5-9,12-15H,3-4,10-11,16-17H2,1-2H3,(H,27,30). The Morgan fingerprint density at radius 2 is 1.72 bits per heavy atom. The van der Waals surface area contributed by atoms with Gasteiger partial charge >= 0.3 is 0 Å². The third kappa shape index (κ3) is 5.40. The first-order valence-electron chi connectivity index (χ1n) is 10.9. The van der Waals surface area contributed by atoms with Gasteiger partial charge in [0.1, 0.15) is 0 Å². The molecule has 0 aliphatic carbocycles. The third-order valence-electron chi connectivity index (χ3n) is 5.51. The molecular weight excluding hydrogens is 420 g/mol. The zero-order valence-corrected chi connectivity index (χ0v) is 19.3. The van der Waals surface area contributed by atoms with Gasteiger partial charge in [-0.25, -0.2) is 4.98 Å². The topological polar surface area (TPSA) is 67.2 Å². The molecule has 0 saturated carbocycles. The number of hydrogen-bond donors (Lipinski definition) is 1. The molecule has 1 aliphatic rings. The number of carbonyl (C=O) groups excluding carboxylic acids is 2. The number of amides is 2. The van der Waals surface area contributed by atoms with Crippen molar-refractivity contribution in [2.45, 2.75) is 38.4 Å². The van der Waals surface area contributed by atoms with E-state index in [9.17, 15) is 9.59 Å². The van der Waals surface area contributed by atoms with Gasteiger partial charge in [-0.15, -0.1) is 0 Å². The average Bonchev–Trinajstić information content (AvgIpc) is 3.47. The van der Waals surface area contributed by atoms with Gasteiger partial charge < -0.3 is 10.2 Å². The van der Waals surface area contributed by atoms with Crippen molar-refractivity contribution in [3.05, 3.63) is 77.1 Å². The van der Waals surface area contributed by atoms with E-state index in [2.05, 4.69) is 42.3 Å². The number of aryl methyl sites for hydroxylation is 2. The molecule has 1 aliphatic heterocycles. The summed E-state index contributed by atoms with van der Waals surface area (Å²) in [6.07, 6.45) is 5.83. The number of imidazole rings is 1. The lowest BCUT2D eigenvalue weighted by Gasteiger charge is -2.15. The largest absolute Gasteiger partial charge is 0.351 e. The Kier molecular flexibility index (Phi) is 6.95. The predicted octanol–water partition coefficient (Wildman–Crippen LogP) is 4.13. The Morgan fingerprint density at radius 3 is 2.41 bits per heavy atom. The van der Waals surface area contributed by atoms with Crippen LogP contribution in [-0.4, -0.2) is 45.1 Å². The molecule has 1 fully saturated rings. The second-order valence-corrected chi connectivity index (χ2v) is 9.13. The minimum Gasteiger partial charge on any atom is -0.351 e. The first-order valence-corrected chi connectivity index (χ1v) is 11.9. The highest BCUT2D eigenvalue weighted by molar-refractivity contribution is 7.99. The summed E-state index contributed by atoms with van der Waals surface area (Å²) in [5.74, 6) is 0.323. The molecule has 1 saturated heterocycles. The van der Waals surface area contributed by atoms with Crippen LogP contribution in [0, 0.1) is 13.8 Å². The van der Waals surface area contributed by atoms with Gasteiger partial charge in [-0.3, -0.25) is 14.2 Å². The number of benzene rings is 2. The second kappa shape index (κ2) is 10.0. The van der Waals surface area contributed by atoms with Gasteiger partial charge in [0.15, 0.2) is 5.16 Å². The number of thioether (sulfide) groups is 1. The number of hydrogen-bond acceptors (Lipinski definition) is 4. The van der Waals surface area contributed by atoms with Crippen LogP contribution in [0.3, 0.4) is 0 Å². The van der Waals surface area contributed by atoms with E-state index in [0.717, 1.165) is 42.3 Å². The zero-order chi connectivity index (χ0) is 22.5. The van der Waals surface area contributed by atoms with Crippen molar-refractivity contribution >= 4 is 23.6 Å². The Balaban J connectivity index is 1.29. The Hall–Kier alpha value is -3.06. The summed E-state index contributed by atoms with van der Waals surface area (Å²) >= 11 is 1.41. The maximum atomic E-state index is 12.4. The molecule has 2 heterocycles. The number of likely N-dealkylation sites (tertiary alicyclic amines) is 1. The van der Waals surface area contributed by atoms with Gasteiger partial charge in [0.05, 0.1) is 5.75 Å². The summed E-state index contributed by atoms with van der Waals surface area (Å²) < 4.78 is 2.01. The predicted molar refractivity (Wildman–Crippen MR) is 127 cm³/mol. The van der Waals surface area contributed by atoms with Gasteiger partial charge in [-0.2, -0.15) is 0 Å². The molecule has 6 nitrogen and oxygen atoms in total. The highest BCUT2D eigenvalue weighted by atomic mass is 32.2. The van der Waals surface area contributed by atoms with E-state index in [0.29, 0.717) is 12.1 Å². The van der Waals surface area contributed by atoms with E-state index in [1.54, 1.807) is 6.20 Å². The highest BCUT2D eigenvalue weighted by Crippen LogP contribution is 2.22. The molecule has 166 valence electrons. The molecule has 32 heavy (non-hydrogen) atoms. The lowest BCUT2D eigenvalue weighted by molar-refractivity contribution is -0.118. The molecule has 0 spiro atoms. The van der Waals surface area contributed by atoms with Crippen LogP contribution in [0.5, 0.6) is 0 Å². The molecule has 0 atom stereocenters. The fraction of sp³-hybridized carbons (Fsp3) is 0.320. The van der Waals surface area contributed by atoms with Crippen molar-refractivity contribution in [2.24, 2.45) is 0 Å². The summed E-state index contributed by atoms with van der Waals surface area (Å²) in [7, 11) is 0. The molecule has 0 bridgehead atoms. The summed E-state index contributed by atoms with van der Waals surface area (Å²) in [5.41, 5.74) is 5.10. The van der Waals surface area contributed by atoms with Crippen molar-refractivity contribution in [1.29, 1.82) is 0 Å². The van der Waals surface area contributed by atoms with E-state index in [1.165, 1.54) is 22.9 Å². The molecule has 1 aromatic heterocycles. The summed E-state index contributed by atoms with van der Waals surface area (Å²) in [4.78, 5) is 31.1. The molecule has 3 aromatic rings. The van der Waals surface area contributed by atoms with Gasteiger partial charge in [0.2, 0.25) is 5.91 Å². The Labute approximate surface area is 193 Å². The lowest BCUT2D eigenvalue weighted by Crippen LogP contribution is -2.27. The number of nitrogens with one attached hydrogen (secondary N) is 1. The molecule has 1 N–H and O–H groups in total. The second-order valence-electron chi connectivity index (χ2n) is 8.19.